The summed E-state index contributed by atoms with van der Waals surface area (Å²) in [6.07, 6.45) is -4.22. The molecule has 0 aliphatic heterocycles. The molecule has 19 heavy (non-hydrogen) atoms. The zero-order valence-corrected chi connectivity index (χ0v) is 11.6. The van der Waals surface area contributed by atoms with Gasteiger partial charge in [0.2, 0.25) is 0 Å². The van der Waals surface area contributed by atoms with E-state index < -0.39 is 18.1 Å². The number of nitrogens with one attached hydrogen (secondary N) is 1. The van der Waals surface area contributed by atoms with E-state index in [2.05, 4.69) is 5.32 Å². The van der Waals surface area contributed by atoms with Gasteiger partial charge in [-0.1, -0.05) is 0 Å². The summed E-state index contributed by atoms with van der Waals surface area (Å²) in [5.74, 6) is -0.368. The molecule has 0 radical (unpaired) electrons. The molecule has 114 valence electrons. The molecule has 0 amide bonds. The Hall–Kier alpha value is -0.820. The van der Waals surface area contributed by atoms with Crippen LogP contribution in [-0.2, 0) is 14.3 Å². The van der Waals surface area contributed by atoms with Gasteiger partial charge < -0.3 is 14.8 Å². The van der Waals surface area contributed by atoms with E-state index in [0.29, 0.717) is 12.8 Å². The molecule has 0 aliphatic rings. The average Bonchev–Trinajstić information content (AvgIpc) is 2.32. The van der Waals surface area contributed by atoms with Crippen molar-refractivity contribution in [2.75, 3.05) is 26.9 Å². The number of carbonyl (C=O) groups excluding carboxylic acids is 1. The second-order valence-corrected chi connectivity index (χ2v) is 4.38. The Morgan fingerprint density at radius 1 is 1.21 bits per heavy atom. The van der Waals surface area contributed by atoms with E-state index in [0.717, 1.165) is 0 Å². The SMILES string of the molecule is CCOC(=O)C(C)(CCCOCCC(F)(F)F)NC. The van der Waals surface area contributed by atoms with Crippen molar-refractivity contribution in [1.29, 1.82) is 0 Å². The Morgan fingerprint density at radius 3 is 2.32 bits per heavy atom. The largest absolute Gasteiger partial charge is 0.465 e. The first kappa shape index (κ1) is 18.2. The number of halogens is 3. The van der Waals surface area contributed by atoms with Gasteiger partial charge in [-0.3, -0.25) is 4.79 Å². The first-order chi connectivity index (χ1) is 8.75. The zero-order chi connectivity index (χ0) is 14.9. The number of hydrogen-bond donors (Lipinski definition) is 1. The van der Waals surface area contributed by atoms with Gasteiger partial charge in [0.05, 0.1) is 19.6 Å². The molecule has 0 saturated carbocycles. The molecule has 0 spiro atoms. The quantitative estimate of drug-likeness (QED) is 0.521. The van der Waals surface area contributed by atoms with E-state index in [4.69, 9.17) is 9.47 Å². The first-order valence-corrected chi connectivity index (χ1v) is 6.26. The van der Waals surface area contributed by atoms with Crippen molar-refractivity contribution in [3.05, 3.63) is 0 Å². The van der Waals surface area contributed by atoms with Crippen molar-refractivity contribution in [3.8, 4) is 0 Å². The number of likely N-dealkylation sites (N-methyl/N-ethyl adjacent to an activating group) is 1. The Morgan fingerprint density at radius 2 is 1.84 bits per heavy atom. The second kappa shape index (κ2) is 8.37. The summed E-state index contributed by atoms with van der Waals surface area (Å²) in [6.45, 7) is 3.54. The minimum absolute atomic E-state index is 0.187. The molecular weight excluding hydrogens is 263 g/mol. The molecule has 7 heteroatoms. The van der Waals surface area contributed by atoms with Crippen LogP contribution in [0.1, 0.15) is 33.1 Å². The zero-order valence-electron chi connectivity index (χ0n) is 11.6. The maximum absolute atomic E-state index is 11.8. The molecule has 0 aliphatic carbocycles. The molecule has 1 atom stereocenters. The highest BCUT2D eigenvalue weighted by Gasteiger charge is 2.32. The average molecular weight is 285 g/mol. The number of alkyl halides is 3. The summed E-state index contributed by atoms with van der Waals surface area (Å²) in [4.78, 5) is 11.7. The third-order valence-electron chi connectivity index (χ3n) is 2.77. The summed E-state index contributed by atoms with van der Waals surface area (Å²) >= 11 is 0. The molecule has 1 unspecified atom stereocenters. The first-order valence-electron chi connectivity index (χ1n) is 6.26. The maximum Gasteiger partial charge on any atom is 0.391 e. The van der Waals surface area contributed by atoms with Crippen molar-refractivity contribution >= 4 is 5.97 Å². The molecule has 0 aromatic heterocycles. The van der Waals surface area contributed by atoms with Crippen LogP contribution in [0.5, 0.6) is 0 Å². The van der Waals surface area contributed by atoms with Crippen LogP contribution < -0.4 is 5.32 Å². The molecule has 1 N–H and O–H groups in total. The highest BCUT2D eigenvalue weighted by Crippen LogP contribution is 2.19. The van der Waals surface area contributed by atoms with Gasteiger partial charge in [0.1, 0.15) is 5.54 Å². The van der Waals surface area contributed by atoms with Crippen molar-refractivity contribution < 1.29 is 27.4 Å². The fourth-order valence-corrected chi connectivity index (χ4v) is 1.44. The van der Waals surface area contributed by atoms with Crippen LogP contribution in [0.2, 0.25) is 0 Å². The standard InChI is InChI=1S/C12H22F3NO3/c1-4-19-10(17)11(2,16-3)6-5-8-18-9-7-12(13,14)15/h16H,4-9H2,1-3H3. The van der Waals surface area contributed by atoms with Gasteiger partial charge in [0.25, 0.3) is 0 Å². The third-order valence-corrected chi connectivity index (χ3v) is 2.77. The van der Waals surface area contributed by atoms with Crippen LogP contribution >= 0.6 is 0 Å². The van der Waals surface area contributed by atoms with E-state index >= 15 is 0 Å². The Labute approximate surface area is 111 Å². The second-order valence-electron chi connectivity index (χ2n) is 4.38. The van der Waals surface area contributed by atoms with E-state index in [1.54, 1.807) is 20.9 Å². The van der Waals surface area contributed by atoms with Gasteiger partial charge in [-0.05, 0) is 33.7 Å². The van der Waals surface area contributed by atoms with Crippen molar-refractivity contribution in [2.45, 2.75) is 44.8 Å². The van der Waals surface area contributed by atoms with Gasteiger partial charge >= 0.3 is 12.1 Å². The number of carbonyl (C=O) groups is 1. The third kappa shape index (κ3) is 8.05. The van der Waals surface area contributed by atoms with E-state index in [1.165, 1.54) is 0 Å². The van der Waals surface area contributed by atoms with Crippen LogP contribution in [0.15, 0.2) is 0 Å². The summed E-state index contributed by atoms with van der Waals surface area (Å²) < 4.78 is 45.4. The molecule has 0 saturated heterocycles. The van der Waals surface area contributed by atoms with Crippen molar-refractivity contribution in [2.24, 2.45) is 0 Å². The van der Waals surface area contributed by atoms with Crippen LogP contribution in [-0.4, -0.2) is 44.6 Å². The number of rotatable bonds is 9. The molecular formula is C12H22F3NO3. The van der Waals surface area contributed by atoms with Gasteiger partial charge in [0.15, 0.2) is 0 Å². The number of hydrogen-bond acceptors (Lipinski definition) is 4. The normalized spacial score (nSPS) is 15.1. The molecule has 0 aromatic rings. The van der Waals surface area contributed by atoms with E-state index in [-0.39, 0.29) is 25.8 Å². The minimum Gasteiger partial charge on any atom is -0.465 e. The van der Waals surface area contributed by atoms with Crippen molar-refractivity contribution in [3.63, 3.8) is 0 Å². The monoisotopic (exact) mass is 285 g/mol. The molecule has 0 bridgehead atoms. The Bertz CT molecular complexity index is 271. The van der Waals surface area contributed by atoms with Crippen LogP contribution in [0.3, 0.4) is 0 Å². The van der Waals surface area contributed by atoms with Gasteiger partial charge in [0, 0.05) is 6.61 Å². The molecule has 0 heterocycles. The van der Waals surface area contributed by atoms with Gasteiger partial charge in [-0.25, -0.2) is 0 Å². The molecule has 4 nitrogen and oxygen atoms in total. The lowest BCUT2D eigenvalue weighted by molar-refractivity contribution is -0.150. The van der Waals surface area contributed by atoms with E-state index in [9.17, 15) is 18.0 Å². The number of esters is 1. The van der Waals surface area contributed by atoms with Crippen LogP contribution in [0.25, 0.3) is 0 Å². The molecule has 0 aromatic carbocycles. The van der Waals surface area contributed by atoms with Gasteiger partial charge in [-0.15, -0.1) is 0 Å². The molecule has 0 rings (SSSR count). The fourth-order valence-electron chi connectivity index (χ4n) is 1.44. The van der Waals surface area contributed by atoms with Crippen molar-refractivity contribution in [1.82, 2.24) is 5.32 Å². The smallest absolute Gasteiger partial charge is 0.391 e. The predicted octanol–water partition coefficient (Wildman–Crippen LogP) is 2.28. The van der Waals surface area contributed by atoms with Crippen LogP contribution in [0, 0.1) is 0 Å². The lowest BCUT2D eigenvalue weighted by atomic mass is 9.96. The molecule has 0 fully saturated rings. The minimum atomic E-state index is -4.19. The Balaban J connectivity index is 3.87. The highest BCUT2D eigenvalue weighted by molar-refractivity contribution is 5.80. The van der Waals surface area contributed by atoms with Crippen LogP contribution in [0.4, 0.5) is 13.2 Å². The topological polar surface area (TPSA) is 47.6 Å². The summed E-state index contributed by atoms with van der Waals surface area (Å²) in [5, 5.41) is 2.87. The maximum atomic E-state index is 11.8. The lowest BCUT2D eigenvalue weighted by Gasteiger charge is -2.26. The lowest BCUT2D eigenvalue weighted by Crippen LogP contribution is -2.48. The summed E-state index contributed by atoms with van der Waals surface area (Å²) in [5.41, 5.74) is -0.830. The number of ether oxygens (including phenoxy) is 2. The fraction of sp³-hybridized carbons (Fsp3) is 0.917. The van der Waals surface area contributed by atoms with E-state index in [1.807, 2.05) is 0 Å². The summed E-state index contributed by atoms with van der Waals surface area (Å²) in [7, 11) is 1.64. The Kier molecular flexibility index (Phi) is 8.01. The predicted molar refractivity (Wildman–Crippen MR) is 64.8 cm³/mol. The summed E-state index contributed by atoms with van der Waals surface area (Å²) in [6, 6.07) is 0. The highest BCUT2D eigenvalue weighted by atomic mass is 19.4. The van der Waals surface area contributed by atoms with Gasteiger partial charge in [-0.2, -0.15) is 13.2 Å².